The first-order chi connectivity index (χ1) is 8.52. The Morgan fingerprint density at radius 1 is 1.50 bits per heavy atom. The number of nitrogens with two attached hydrogens (primary N) is 2. The fourth-order valence-electron chi connectivity index (χ4n) is 1.46. The van der Waals surface area contributed by atoms with Gasteiger partial charge in [0.15, 0.2) is 0 Å². The van der Waals surface area contributed by atoms with Crippen LogP contribution in [-0.2, 0) is 0 Å². The van der Waals surface area contributed by atoms with Gasteiger partial charge in [-0.15, -0.1) is 5.10 Å². The van der Waals surface area contributed by atoms with E-state index in [9.17, 15) is 4.79 Å². The summed E-state index contributed by atoms with van der Waals surface area (Å²) in [5.41, 5.74) is 11.5. The summed E-state index contributed by atoms with van der Waals surface area (Å²) in [6, 6.07) is 4.61. The maximum Gasteiger partial charge on any atom is 0.252 e. The van der Waals surface area contributed by atoms with Crippen molar-refractivity contribution < 1.29 is 4.79 Å². The molecule has 0 aliphatic heterocycles. The molecule has 90 valence electrons. The molecule has 2 aromatic rings. The zero-order valence-corrected chi connectivity index (χ0v) is 9.72. The van der Waals surface area contributed by atoms with Crippen LogP contribution in [0, 0.1) is 11.3 Å². The smallest absolute Gasteiger partial charge is 0.252 e. The predicted octanol–water partition coefficient (Wildman–Crippen LogP) is 0.473. The van der Waals surface area contributed by atoms with E-state index in [4.69, 9.17) is 28.3 Å². The minimum Gasteiger partial charge on any atom is -0.399 e. The molecule has 0 aliphatic carbocycles. The molecule has 8 heteroatoms. The van der Waals surface area contributed by atoms with Crippen molar-refractivity contribution in [1.82, 2.24) is 14.8 Å². The summed E-state index contributed by atoms with van der Waals surface area (Å²) in [4.78, 5) is 15.1. The second-order valence-corrected chi connectivity index (χ2v) is 3.79. The highest BCUT2D eigenvalue weighted by atomic mass is 35.5. The maximum atomic E-state index is 11.4. The number of anilines is 1. The Morgan fingerprint density at radius 3 is 2.78 bits per heavy atom. The van der Waals surface area contributed by atoms with Gasteiger partial charge in [0.2, 0.25) is 0 Å². The van der Waals surface area contributed by atoms with E-state index in [-0.39, 0.29) is 22.1 Å². The summed E-state index contributed by atoms with van der Waals surface area (Å²) >= 11 is 6.01. The summed E-state index contributed by atoms with van der Waals surface area (Å²) in [5.74, 6) is -0.744. The van der Waals surface area contributed by atoms with Crippen LogP contribution in [0.5, 0.6) is 0 Å². The molecular formula is C10H7ClN6O. The number of hydrogen-bond donors (Lipinski definition) is 2. The van der Waals surface area contributed by atoms with Gasteiger partial charge in [-0.1, -0.05) is 11.6 Å². The van der Waals surface area contributed by atoms with E-state index >= 15 is 0 Å². The van der Waals surface area contributed by atoms with Gasteiger partial charge in [0, 0.05) is 5.69 Å². The first kappa shape index (κ1) is 11.9. The Hall–Kier alpha value is -2.59. The quantitative estimate of drug-likeness (QED) is 0.762. The van der Waals surface area contributed by atoms with E-state index in [1.54, 1.807) is 6.07 Å². The lowest BCUT2D eigenvalue weighted by molar-refractivity contribution is 0.1000. The molecule has 2 rings (SSSR count). The van der Waals surface area contributed by atoms with Crippen LogP contribution in [0.25, 0.3) is 5.69 Å². The Morgan fingerprint density at radius 2 is 2.22 bits per heavy atom. The number of aromatic nitrogens is 3. The average Bonchev–Trinajstić information content (AvgIpc) is 2.76. The van der Waals surface area contributed by atoms with Gasteiger partial charge in [-0.05, 0) is 12.1 Å². The second-order valence-electron chi connectivity index (χ2n) is 3.39. The predicted molar refractivity (Wildman–Crippen MR) is 64.0 cm³/mol. The van der Waals surface area contributed by atoms with Gasteiger partial charge < -0.3 is 11.5 Å². The van der Waals surface area contributed by atoms with Gasteiger partial charge in [-0.3, -0.25) is 4.79 Å². The van der Waals surface area contributed by atoms with Crippen LogP contribution >= 0.6 is 11.6 Å². The summed E-state index contributed by atoms with van der Waals surface area (Å²) in [7, 11) is 0. The number of benzene rings is 1. The van der Waals surface area contributed by atoms with Gasteiger partial charge in [0.25, 0.3) is 11.7 Å². The molecule has 1 heterocycles. The van der Waals surface area contributed by atoms with Crippen LogP contribution in [0.15, 0.2) is 18.5 Å². The molecule has 7 nitrogen and oxygen atoms in total. The summed E-state index contributed by atoms with van der Waals surface area (Å²) in [6.07, 6.45) is 1.27. The summed E-state index contributed by atoms with van der Waals surface area (Å²) in [5, 5.41) is 12.7. The molecule has 0 fully saturated rings. The standard InChI is InChI=1S/C10H7ClN6O/c11-7-2-5(13)1-6(10(14)18)9(7)17-4-15-8(3-12)16-17/h1-2,4H,13H2,(H2,14,18). The van der Waals surface area contributed by atoms with E-state index < -0.39 is 5.91 Å². The van der Waals surface area contributed by atoms with Crippen molar-refractivity contribution in [1.29, 1.82) is 5.26 Å². The molecule has 1 aromatic heterocycles. The minimum atomic E-state index is -0.701. The van der Waals surface area contributed by atoms with E-state index in [0.29, 0.717) is 5.69 Å². The molecule has 0 saturated heterocycles. The molecular weight excluding hydrogens is 256 g/mol. The van der Waals surface area contributed by atoms with Crippen molar-refractivity contribution in [2.24, 2.45) is 5.73 Å². The summed E-state index contributed by atoms with van der Waals surface area (Å²) in [6.45, 7) is 0. The van der Waals surface area contributed by atoms with E-state index in [1.807, 2.05) is 0 Å². The Balaban J connectivity index is 2.70. The molecule has 18 heavy (non-hydrogen) atoms. The number of rotatable bonds is 2. The number of carbonyl (C=O) groups excluding carboxylic acids is 1. The number of hydrogen-bond acceptors (Lipinski definition) is 5. The average molecular weight is 263 g/mol. The van der Waals surface area contributed by atoms with Gasteiger partial charge in [-0.25, -0.2) is 9.67 Å². The van der Waals surface area contributed by atoms with Crippen LogP contribution in [-0.4, -0.2) is 20.7 Å². The molecule has 0 atom stereocenters. The number of nitrogens with zero attached hydrogens (tertiary/aromatic N) is 4. The Labute approximate surface area is 107 Å². The normalized spacial score (nSPS) is 10.0. The third kappa shape index (κ3) is 1.97. The van der Waals surface area contributed by atoms with E-state index in [1.165, 1.54) is 23.1 Å². The number of halogens is 1. The van der Waals surface area contributed by atoms with E-state index in [2.05, 4.69) is 10.1 Å². The number of amides is 1. The van der Waals surface area contributed by atoms with Crippen molar-refractivity contribution in [3.63, 3.8) is 0 Å². The fraction of sp³-hybridized carbons (Fsp3) is 0. The molecule has 0 saturated carbocycles. The van der Waals surface area contributed by atoms with Crippen molar-refractivity contribution >= 4 is 23.2 Å². The van der Waals surface area contributed by atoms with Crippen LogP contribution in [0.4, 0.5) is 5.69 Å². The summed E-state index contributed by atoms with van der Waals surface area (Å²) < 4.78 is 1.21. The van der Waals surface area contributed by atoms with Crippen LogP contribution < -0.4 is 11.5 Å². The molecule has 1 aromatic carbocycles. The van der Waals surface area contributed by atoms with Gasteiger partial charge in [0.1, 0.15) is 12.4 Å². The Bertz CT molecular complexity index is 671. The first-order valence-electron chi connectivity index (χ1n) is 4.74. The van der Waals surface area contributed by atoms with Crippen LogP contribution in [0.1, 0.15) is 16.2 Å². The van der Waals surface area contributed by atoms with Crippen LogP contribution in [0.2, 0.25) is 5.02 Å². The molecule has 0 bridgehead atoms. The molecule has 0 spiro atoms. The fourth-order valence-corrected chi connectivity index (χ4v) is 1.78. The lowest BCUT2D eigenvalue weighted by Crippen LogP contribution is -2.16. The van der Waals surface area contributed by atoms with Gasteiger partial charge in [-0.2, -0.15) is 5.26 Å². The highest BCUT2D eigenvalue weighted by molar-refractivity contribution is 6.33. The number of nitrogen functional groups attached to an aromatic ring is 1. The largest absolute Gasteiger partial charge is 0.399 e. The SMILES string of the molecule is N#Cc1ncn(-c2c(Cl)cc(N)cc2C(N)=O)n1. The van der Waals surface area contributed by atoms with Crippen molar-refractivity contribution in [2.45, 2.75) is 0 Å². The second kappa shape index (κ2) is 4.35. The third-order valence-electron chi connectivity index (χ3n) is 2.17. The number of nitriles is 1. The topological polar surface area (TPSA) is 124 Å². The minimum absolute atomic E-state index is 0.0432. The molecule has 0 aliphatic rings. The molecule has 1 amide bonds. The van der Waals surface area contributed by atoms with Crippen molar-refractivity contribution in [3.8, 4) is 11.8 Å². The highest BCUT2D eigenvalue weighted by Gasteiger charge is 2.16. The molecule has 4 N–H and O–H groups in total. The van der Waals surface area contributed by atoms with Crippen molar-refractivity contribution in [3.05, 3.63) is 34.9 Å². The van der Waals surface area contributed by atoms with E-state index in [0.717, 1.165) is 0 Å². The lowest BCUT2D eigenvalue weighted by Gasteiger charge is -2.09. The molecule has 0 radical (unpaired) electrons. The zero-order chi connectivity index (χ0) is 13.3. The van der Waals surface area contributed by atoms with Gasteiger partial charge in [0.05, 0.1) is 16.3 Å². The van der Waals surface area contributed by atoms with Crippen LogP contribution in [0.3, 0.4) is 0 Å². The number of carbonyl (C=O) groups is 1. The van der Waals surface area contributed by atoms with Crippen molar-refractivity contribution in [2.75, 3.05) is 5.73 Å². The van der Waals surface area contributed by atoms with Gasteiger partial charge >= 0.3 is 0 Å². The zero-order valence-electron chi connectivity index (χ0n) is 8.96. The number of primary amides is 1. The molecule has 0 unspecified atom stereocenters. The first-order valence-corrected chi connectivity index (χ1v) is 5.11. The highest BCUT2D eigenvalue weighted by Crippen LogP contribution is 2.26. The third-order valence-corrected chi connectivity index (χ3v) is 2.46. The lowest BCUT2D eigenvalue weighted by atomic mass is 10.1. The Kier molecular flexibility index (Phi) is 2.87. The monoisotopic (exact) mass is 262 g/mol. The maximum absolute atomic E-state index is 11.4.